The predicted octanol–water partition coefficient (Wildman–Crippen LogP) is 5.05. The quantitative estimate of drug-likeness (QED) is 0.444. The van der Waals surface area contributed by atoms with Crippen LogP contribution < -0.4 is 5.32 Å². The van der Waals surface area contributed by atoms with E-state index in [-0.39, 0.29) is 39.0 Å². The number of esters is 1. The highest BCUT2D eigenvalue weighted by Crippen LogP contribution is 2.55. The van der Waals surface area contributed by atoms with E-state index >= 15 is 0 Å². The molecule has 1 spiro atoms. The van der Waals surface area contributed by atoms with Crippen LogP contribution >= 0.6 is 11.6 Å². The van der Waals surface area contributed by atoms with Gasteiger partial charge in [-0.1, -0.05) is 11.6 Å². The lowest BCUT2D eigenvalue weighted by atomic mass is 9.76. The summed E-state index contributed by atoms with van der Waals surface area (Å²) in [6, 6.07) is 4.95. The molecule has 1 heterocycles. The Labute approximate surface area is 204 Å². The molecule has 6 nitrogen and oxygen atoms in total. The van der Waals surface area contributed by atoms with E-state index in [4.69, 9.17) is 16.3 Å². The molecule has 1 N–H and O–H groups in total. The van der Waals surface area contributed by atoms with Crippen LogP contribution in [-0.2, 0) is 19.4 Å². The van der Waals surface area contributed by atoms with Crippen LogP contribution in [0.4, 0.5) is 18.9 Å². The normalized spacial score (nSPS) is 27.8. The number of rotatable bonds is 4. The van der Waals surface area contributed by atoms with Gasteiger partial charge in [-0.2, -0.15) is 0 Å². The molecule has 1 aliphatic heterocycles. The summed E-state index contributed by atoms with van der Waals surface area (Å²) >= 11 is 6.26. The summed E-state index contributed by atoms with van der Waals surface area (Å²) < 4.78 is 73.2. The fourth-order valence-corrected chi connectivity index (χ4v) is 8.77. The molecule has 3 aliphatic rings. The van der Waals surface area contributed by atoms with Gasteiger partial charge in [0.1, 0.15) is 5.60 Å². The van der Waals surface area contributed by atoms with Crippen molar-refractivity contribution in [1.29, 1.82) is 0 Å². The lowest BCUT2D eigenvalue weighted by molar-refractivity contribution is -0.152. The maximum atomic E-state index is 13.7. The number of anilines is 1. The number of hydrogen-bond acceptors (Lipinski definition) is 5. The smallest absolute Gasteiger partial charge is 0.306 e. The second-order valence-electron chi connectivity index (χ2n) is 9.53. The standard InChI is InChI=1S/C24H21ClF3NO5S/c25-16-4-3-12(23(31)29-15-8-17(26)21(28)18(27)9-15)7-19(16)35(32,33)22-13-1-2-14(22)11-24(10-13)6-5-20(30)34-24/h3-4,7-9,13-14,22H,1-2,5-6,10-11H2,(H,29,31)/t13?,14?,22-,24-. The number of halogens is 4. The molecule has 1 amide bonds. The zero-order chi connectivity index (χ0) is 25.1. The van der Waals surface area contributed by atoms with Gasteiger partial charge in [-0.15, -0.1) is 0 Å². The fraction of sp³-hybridized carbons (Fsp3) is 0.417. The Kier molecular flexibility index (Phi) is 5.87. The summed E-state index contributed by atoms with van der Waals surface area (Å²) in [4.78, 5) is 24.2. The Bertz CT molecular complexity index is 1310. The van der Waals surface area contributed by atoms with Crippen molar-refractivity contribution in [3.63, 3.8) is 0 Å². The topological polar surface area (TPSA) is 89.5 Å². The van der Waals surface area contributed by atoms with E-state index in [1.807, 2.05) is 0 Å². The number of fused-ring (bicyclic) bond motifs is 2. The molecule has 2 aromatic carbocycles. The molecule has 1 saturated heterocycles. The van der Waals surface area contributed by atoms with Crippen molar-refractivity contribution < 1.29 is 35.9 Å². The number of hydrogen-bond donors (Lipinski definition) is 1. The maximum Gasteiger partial charge on any atom is 0.306 e. The van der Waals surface area contributed by atoms with Gasteiger partial charge in [-0.3, -0.25) is 9.59 Å². The van der Waals surface area contributed by atoms with E-state index < -0.39 is 44.0 Å². The molecule has 2 saturated carbocycles. The van der Waals surface area contributed by atoms with Gasteiger partial charge in [-0.05, 0) is 62.1 Å². The average Bonchev–Trinajstić information content (AvgIpc) is 3.29. The number of nitrogens with one attached hydrogen (secondary N) is 1. The molecule has 3 fully saturated rings. The van der Waals surface area contributed by atoms with Crippen molar-refractivity contribution in [3.05, 3.63) is 58.4 Å². The first-order valence-corrected chi connectivity index (χ1v) is 13.1. The summed E-state index contributed by atoms with van der Waals surface area (Å²) in [5.41, 5.74) is -1.02. The van der Waals surface area contributed by atoms with Crippen LogP contribution in [0.15, 0.2) is 35.2 Å². The summed E-state index contributed by atoms with van der Waals surface area (Å²) in [6.45, 7) is 0. The van der Waals surface area contributed by atoms with E-state index in [0.29, 0.717) is 50.7 Å². The van der Waals surface area contributed by atoms with Crippen LogP contribution in [0.3, 0.4) is 0 Å². The highest BCUT2D eigenvalue weighted by Gasteiger charge is 2.57. The molecule has 2 aromatic rings. The minimum absolute atomic E-state index is 0.0487. The largest absolute Gasteiger partial charge is 0.459 e. The predicted molar refractivity (Wildman–Crippen MR) is 120 cm³/mol. The monoisotopic (exact) mass is 527 g/mol. The van der Waals surface area contributed by atoms with Crippen molar-refractivity contribution in [3.8, 4) is 0 Å². The Balaban J connectivity index is 1.41. The van der Waals surface area contributed by atoms with Crippen molar-refractivity contribution in [2.75, 3.05) is 5.32 Å². The lowest BCUT2D eigenvalue weighted by Crippen LogP contribution is -2.46. The van der Waals surface area contributed by atoms with E-state index in [0.717, 1.165) is 6.07 Å². The number of amides is 1. The van der Waals surface area contributed by atoms with Gasteiger partial charge in [0, 0.05) is 29.8 Å². The van der Waals surface area contributed by atoms with E-state index in [9.17, 15) is 31.2 Å². The Morgan fingerprint density at radius 2 is 1.69 bits per heavy atom. The summed E-state index contributed by atoms with van der Waals surface area (Å²) in [5.74, 6) is -6.12. The first kappa shape index (κ1) is 24.1. The molecule has 11 heteroatoms. The second-order valence-corrected chi connectivity index (χ2v) is 12.0. The van der Waals surface area contributed by atoms with Crippen molar-refractivity contribution in [2.24, 2.45) is 11.8 Å². The van der Waals surface area contributed by atoms with Gasteiger partial charge in [-0.25, -0.2) is 21.6 Å². The third-order valence-electron chi connectivity index (χ3n) is 7.32. The van der Waals surface area contributed by atoms with Crippen molar-refractivity contribution in [1.82, 2.24) is 0 Å². The first-order chi connectivity index (χ1) is 16.5. The van der Waals surface area contributed by atoms with Crippen LogP contribution in [-0.4, -0.2) is 31.1 Å². The molecular formula is C24H21ClF3NO5S. The van der Waals surface area contributed by atoms with Gasteiger partial charge in [0.05, 0.1) is 15.2 Å². The van der Waals surface area contributed by atoms with Gasteiger partial charge in [0.2, 0.25) is 0 Å². The van der Waals surface area contributed by atoms with Crippen molar-refractivity contribution >= 4 is 39.0 Å². The first-order valence-electron chi connectivity index (χ1n) is 11.2. The molecule has 0 aromatic heterocycles. The number of carbonyl (C=O) groups excluding carboxylic acids is 2. The summed E-state index contributed by atoms with van der Waals surface area (Å²) in [6.07, 6.45) is 3.24. The number of benzene rings is 2. The molecule has 5 rings (SSSR count). The second kappa shape index (κ2) is 8.51. The third-order valence-corrected chi connectivity index (χ3v) is 10.2. The highest BCUT2D eigenvalue weighted by molar-refractivity contribution is 7.92. The molecular weight excluding hydrogens is 507 g/mol. The Morgan fingerprint density at radius 1 is 1.06 bits per heavy atom. The van der Waals surface area contributed by atoms with Crippen LogP contribution in [0, 0.1) is 29.3 Å². The SMILES string of the molecule is O=C1CC[C@]2(CC3CCC(C2)[C@@H]3S(=O)(=O)c2cc(C(=O)Nc3cc(F)c(F)c(F)c3)ccc2Cl)O1. The van der Waals surface area contributed by atoms with E-state index in [1.54, 1.807) is 0 Å². The third kappa shape index (κ3) is 4.20. The van der Waals surface area contributed by atoms with Gasteiger partial charge in [0.15, 0.2) is 27.3 Å². The summed E-state index contributed by atoms with van der Waals surface area (Å²) in [5, 5.41) is 1.47. The average molecular weight is 528 g/mol. The lowest BCUT2D eigenvalue weighted by Gasteiger charge is -2.40. The van der Waals surface area contributed by atoms with Gasteiger partial charge in [0.25, 0.3) is 5.91 Å². The zero-order valence-corrected chi connectivity index (χ0v) is 19.9. The van der Waals surface area contributed by atoms with Crippen LogP contribution in [0.2, 0.25) is 5.02 Å². The van der Waals surface area contributed by atoms with Gasteiger partial charge < -0.3 is 10.1 Å². The molecule has 2 bridgehead atoms. The molecule has 2 aliphatic carbocycles. The summed E-state index contributed by atoms with van der Waals surface area (Å²) in [7, 11) is -3.96. The highest BCUT2D eigenvalue weighted by atomic mass is 35.5. The number of carbonyl (C=O) groups is 2. The Hall–Kier alpha value is -2.59. The van der Waals surface area contributed by atoms with Gasteiger partial charge >= 0.3 is 5.97 Å². The van der Waals surface area contributed by atoms with Crippen LogP contribution in [0.5, 0.6) is 0 Å². The van der Waals surface area contributed by atoms with E-state index in [1.165, 1.54) is 12.1 Å². The number of ether oxygens (including phenoxy) is 1. The molecule has 35 heavy (non-hydrogen) atoms. The maximum absolute atomic E-state index is 13.7. The number of sulfone groups is 1. The zero-order valence-electron chi connectivity index (χ0n) is 18.3. The molecule has 0 radical (unpaired) electrons. The minimum atomic E-state index is -3.96. The molecule has 2 unspecified atom stereocenters. The molecule has 186 valence electrons. The van der Waals surface area contributed by atoms with Crippen LogP contribution in [0.25, 0.3) is 0 Å². The molecule has 2 atom stereocenters. The minimum Gasteiger partial charge on any atom is -0.459 e. The Morgan fingerprint density at radius 3 is 2.26 bits per heavy atom. The van der Waals surface area contributed by atoms with Crippen molar-refractivity contribution in [2.45, 2.75) is 54.3 Å². The van der Waals surface area contributed by atoms with E-state index in [2.05, 4.69) is 5.32 Å². The van der Waals surface area contributed by atoms with Crippen LogP contribution in [0.1, 0.15) is 48.9 Å². The fourth-order valence-electron chi connectivity index (χ4n) is 5.92.